The molecule has 0 bridgehead atoms. The van der Waals surface area contributed by atoms with Crippen molar-refractivity contribution in [1.29, 1.82) is 0 Å². The molecule has 2 N–H and O–H groups in total. The SMILES string of the molecule is Cc1ccc(S(=O)(=O)Nc2cccc(Cl)c2)cc1NC(=O)CSCc1ccccc1. The van der Waals surface area contributed by atoms with Crippen LogP contribution < -0.4 is 10.0 Å². The van der Waals surface area contributed by atoms with Crippen LogP contribution >= 0.6 is 23.4 Å². The van der Waals surface area contributed by atoms with Crippen molar-refractivity contribution in [3.63, 3.8) is 0 Å². The second-order valence-electron chi connectivity index (χ2n) is 6.62. The largest absolute Gasteiger partial charge is 0.325 e. The molecule has 8 heteroatoms. The van der Waals surface area contributed by atoms with Gasteiger partial charge in [0.05, 0.1) is 16.3 Å². The predicted octanol–water partition coefficient (Wildman–Crippen LogP) is 5.32. The van der Waals surface area contributed by atoms with Crippen molar-refractivity contribution in [3.05, 3.63) is 88.9 Å². The molecule has 0 heterocycles. The number of nitrogens with one attached hydrogen (secondary N) is 2. The molecule has 5 nitrogen and oxygen atoms in total. The Labute approximate surface area is 185 Å². The molecule has 0 fully saturated rings. The minimum atomic E-state index is -3.82. The number of amides is 1. The summed E-state index contributed by atoms with van der Waals surface area (Å²) in [5.74, 6) is 0.813. The van der Waals surface area contributed by atoms with E-state index in [4.69, 9.17) is 11.6 Å². The minimum Gasteiger partial charge on any atom is -0.325 e. The molecule has 0 unspecified atom stereocenters. The second kappa shape index (κ2) is 10.0. The smallest absolute Gasteiger partial charge is 0.261 e. The van der Waals surface area contributed by atoms with E-state index in [0.717, 1.165) is 16.9 Å². The van der Waals surface area contributed by atoms with E-state index in [1.165, 1.54) is 30.0 Å². The number of aryl methyl sites for hydroxylation is 1. The Kier molecular flexibility index (Phi) is 7.42. The van der Waals surface area contributed by atoms with Crippen molar-refractivity contribution >= 4 is 50.7 Å². The van der Waals surface area contributed by atoms with Gasteiger partial charge in [-0.05, 0) is 48.4 Å². The normalized spacial score (nSPS) is 11.1. The highest BCUT2D eigenvalue weighted by Crippen LogP contribution is 2.24. The summed E-state index contributed by atoms with van der Waals surface area (Å²) in [6.07, 6.45) is 0. The van der Waals surface area contributed by atoms with Crippen LogP contribution in [0.3, 0.4) is 0 Å². The van der Waals surface area contributed by atoms with Gasteiger partial charge in [0.15, 0.2) is 0 Å². The Morgan fingerprint density at radius 3 is 2.50 bits per heavy atom. The number of hydrogen-bond acceptors (Lipinski definition) is 4. The van der Waals surface area contributed by atoms with Crippen molar-refractivity contribution in [2.45, 2.75) is 17.6 Å². The summed E-state index contributed by atoms with van der Waals surface area (Å²) in [6.45, 7) is 1.81. The first-order valence-corrected chi connectivity index (χ1v) is 12.2. The van der Waals surface area contributed by atoms with Crippen LogP contribution in [0, 0.1) is 6.92 Å². The molecule has 0 spiro atoms. The zero-order valence-corrected chi connectivity index (χ0v) is 18.7. The van der Waals surface area contributed by atoms with E-state index in [-0.39, 0.29) is 16.6 Å². The third kappa shape index (κ3) is 6.26. The standard InChI is InChI=1S/C22H21ClN2O3S2/c1-16-10-11-20(30(27,28)25-19-9-5-8-18(23)12-19)13-21(16)24-22(26)15-29-14-17-6-3-2-4-7-17/h2-13,25H,14-15H2,1H3,(H,24,26). The highest BCUT2D eigenvalue weighted by Gasteiger charge is 2.17. The van der Waals surface area contributed by atoms with Crippen molar-refractivity contribution in [2.75, 3.05) is 15.8 Å². The lowest BCUT2D eigenvalue weighted by Crippen LogP contribution is -2.17. The molecule has 1 amide bonds. The average molecular weight is 461 g/mol. The van der Waals surface area contributed by atoms with Gasteiger partial charge in [-0.15, -0.1) is 11.8 Å². The maximum Gasteiger partial charge on any atom is 0.261 e. The summed E-state index contributed by atoms with van der Waals surface area (Å²) in [6, 6.07) is 21.0. The Balaban J connectivity index is 1.66. The van der Waals surface area contributed by atoms with Crippen LogP contribution in [-0.4, -0.2) is 20.1 Å². The van der Waals surface area contributed by atoms with Crippen LogP contribution in [0.1, 0.15) is 11.1 Å². The van der Waals surface area contributed by atoms with Gasteiger partial charge in [-0.25, -0.2) is 8.42 Å². The Morgan fingerprint density at radius 2 is 1.77 bits per heavy atom. The molecule has 3 rings (SSSR count). The first kappa shape index (κ1) is 22.2. The summed E-state index contributed by atoms with van der Waals surface area (Å²) in [5.41, 5.74) is 2.75. The van der Waals surface area contributed by atoms with Crippen LogP contribution in [0.2, 0.25) is 5.02 Å². The van der Waals surface area contributed by atoms with E-state index in [9.17, 15) is 13.2 Å². The number of anilines is 2. The van der Waals surface area contributed by atoms with Gasteiger partial charge in [-0.3, -0.25) is 9.52 Å². The summed E-state index contributed by atoms with van der Waals surface area (Å²) >= 11 is 7.42. The van der Waals surface area contributed by atoms with Crippen LogP contribution in [0.5, 0.6) is 0 Å². The molecule has 0 radical (unpaired) electrons. The molecule has 3 aromatic carbocycles. The van der Waals surface area contributed by atoms with Crippen LogP contribution in [0.25, 0.3) is 0 Å². The van der Waals surface area contributed by atoms with Gasteiger partial charge in [0, 0.05) is 16.5 Å². The van der Waals surface area contributed by atoms with Gasteiger partial charge < -0.3 is 5.32 Å². The van der Waals surface area contributed by atoms with Crippen molar-refractivity contribution in [2.24, 2.45) is 0 Å². The zero-order valence-electron chi connectivity index (χ0n) is 16.3. The third-order valence-corrected chi connectivity index (χ3v) is 6.83. The fourth-order valence-corrected chi connectivity index (χ4v) is 4.74. The summed E-state index contributed by atoms with van der Waals surface area (Å²) in [4.78, 5) is 12.4. The van der Waals surface area contributed by atoms with Crippen LogP contribution in [-0.2, 0) is 20.6 Å². The molecule has 0 aliphatic heterocycles. The average Bonchev–Trinajstić information content (AvgIpc) is 2.70. The number of carbonyl (C=O) groups excluding carboxylic acids is 1. The molecular weight excluding hydrogens is 440 g/mol. The molecule has 30 heavy (non-hydrogen) atoms. The van der Waals surface area contributed by atoms with Gasteiger partial charge in [0.1, 0.15) is 0 Å². The monoisotopic (exact) mass is 460 g/mol. The van der Waals surface area contributed by atoms with E-state index >= 15 is 0 Å². The van der Waals surface area contributed by atoms with Crippen molar-refractivity contribution in [1.82, 2.24) is 0 Å². The van der Waals surface area contributed by atoms with Gasteiger partial charge >= 0.3 is 0 Å². The fraction of sp³-hybridized carbons (Fsp3) is 0.136. The van der Waals surface area contributed by atoms with E-state index in [2.05, 4.69) is 10.0 Å². The fourth-order valence-electron chi connectivity index (χ4n) is 2.69. The van der Waals surface area contributed by atoms with Crippen molar-refractivity contribution in [3.8, 4) is 0 Å². The van der Waals surface area contributed by atoms with E-state index in [1.807, 2.05) is 37.3 Å². The highest BCUT2D eigenvalue weighted by atomic mass is 35.5. The Bertz CT molecular complexity index is 1140. The Morgan fingerprint density at radius 1 is 1.00 bits per heavy atom. The van der Waals surface area contributed by atoms with E-state index < -0.39 is 10.0 Å². The minimum absolute atomic E-state index is 0.0558. The van der Waals surface area contributed by atoms with Gasteiger partial charge in [0.25, 0.3) is 10.0 Å². The first-order chi connectivity index (χ1) is 14.3. The second-order valence-corrected chi connectivity index (χ2v) is 9.72. The lowest BCUT2D eigenvalue weighted by molar-refractivity contribution is -0.113. The summed E-state index contributed by atoms with van der Waals surface area (Å²) in [7, 11) is -3.82. The number of carbonyl (C=O) groups is 1. The molecule has 156 valence electrons. The highest BCUT2D eigenvalue weighted by molar-refractivity contribution is 7.99. The van der Waals surface area contributed by atoms with E-state index in [1.54, 1.807) is 24.3 Å². The number of thioether (sulfide) groups is 1. The predicted molar refractivity (Wildman–Crippen MR) is 125 cm³/mol. The zero-order chi connectivity index (χ0) is 21.6. The Hall–Kier alpha value is -2.48. The molecule has 0 saturated heterocycles. The molecule has 0 aliphatic carbocycles. The van der Waals surface area contributed by atoms with E-state index in [0.29, 0.717) is 16.4 Å². The van der Waals surface area contributed by atoms with Crippen molar-refractivity contribution < 1.29 is 13.2 Å². The number of hydrogen-bond donors (Lipinski definition) is 2. The lowest BCUT2D eigenvalue weighted by Gasteiger charge is -2.12. The van der Waals surface area contributed by atoms with Crippen LogP contribution in [0.15, 0.2) is 77.7 Å². The molecule has 3 aromatic rings. The molecule has 0 aliphatic rings. The van der Waals surface area contributed by atoms with Gasteiger partial charge in [-0.1, -0.05) is 54.1 Å². The molecule has 0 atom stereocenters. The van der Waals surface area contributed by atoms with Gasteiger partial charge in [0.2, 0.25) is 5.91 Å². The first-order valence-electron chi connectivity index (χ1n) is 9.14. The maximum absolute atomic E-state index is 12.7. The summed E-state index contributed by atoms with van der Waals surface area (Å²) in [5, 5.41) is 3.24. The number of halogens is 1. The third-order valence-electron chi connectivity index (χ3n) is 4.21. The maximum atomic E-state index is 12.7. The quantitative estimate of drug-likeness (QED) is 0.477. The molecule has 0 saturated carbocycles. The molecule has 0 aromatic heterocycles. The molecular formula is C22H21ClN2O3S2. The number of benzene rings is 3. The number of sulfonamides is 1. The lowest BCUT2D eigenvalue weighted by atomic mass is 10.2. The topological polar surface area (TPSA) is 75.3 Å². The number of rotatable bonds is 8. The van der Waals surface area contributed by atoms with Crippen LogP contribution in [0.4, 0.5) is 11.4 Å². The van der Waals surface area contributed by atoms with Gasteiger partial charge in [-0.2, -0.15) is 0 Å². The summed E-state index contributed by atoms with van der Waals surface area (Å²) < 4.78 is 27.9.